The fourth-order valence-electron chi connectivity index (χ4n) is 4.52. The number of methoxy groups -OCH3 is 1. The van der Waals surface area contributed by atoms with Crippen LogP contribution in [0, 0.1) is 0 Å². The summed E-state index contributed by atoms with van der Waals surface area (Å²) >= 11 is 0. The zero-order valence-electron chi connectivity index (χ0n) is 16.0. The number of hydrogen-bond acceptors (Lipinski definition) is 4. The van der Waals surface area contributed by atoms with Crippen molar-refractivity contribution in [3.63, 3.8) is 0 Å². The highest BCUT2D eigenvalue weighted by molar-refractivity contribution is 6.07. The van der Waals surface area contributed by atoms with Crippen LogP contribution < -0.4 is 9.64 Å². The summed E-state index contributed by atoms with van der Waals surface area (Å²) in [5, 5.41) is 9.89. The second-order valence-corrected chi connectivity index (χ2v) is 7.20. The van der Waals surface area contributed by atoms with Gasteiger partial charge in [0.25, 0.3) is 5.91 Å². The molecular formula is C22H24N2O4. The zero-order valence-corrected chi connectivity index (χ0v) is 16.0. The lowest BCUT2D eigenvalue weighted by atomic mass is 9.71. The molecule has 2 aromatic carbocycles. The standard InChI is InChI=1S/C22H24N2O4/c1-3-20(26)24-18-12-23(22(27)14-7-6-8-15(11-14)28-2)17-10-5-4-9-16(17)21(18)19(24)13-25/h4-11,18-19,21,25H,3,12-13H2,1-2H3/t18-,19+,21+/m1/s1. The van der Waals surface area contributed by atoms with Crippen LogP contribution in [0.3, 0.4) is 0 Å². The van der Waals surface area contributed by atoms with Crippen molar-refractivity contribution in [1.29, 1.82) is 0 Å². The number of nitrogens with zero attached hydrogens (tertiary/aromatic N) is 2. The fraction of sp³-hybridized carbons (Fsp3) is 0.364. The molecule has 1 saturated heterocycles. The monoisotopic (exact) mass is 380 g/mol. The van der Waals surface area contributed by atoms with Crippen molar-refractivity contribution in [2.75, 3.05) is 25.2 Å². The maximum Gasteiger partial charge on any atom is 0.258 e. The van der Waals surface area contributed by atoms with Gasteiger partial charge in [-0.15, -0.1) is 0 Å². The quantitative estimate of drug-likeness (QED) is 0.884. The van der Waals surface area contributed by atoms with E-state index < -0.39 is 0 Å². The first-order valence-corrected chi connectivity index (χ1v) is 9.57. The smallest absolute Gasteiger partial charge is 0.258 e. The van der Waals surface area contributed by atoms with Crippen LogP contribution in [0.15, 0.2) is 48.5 Å². The summed E-state index contributed by atoms with van der Waals surface area (Å²) in [5.74, 6) is 0.557. The molecule has 0 spiro atoms. The summed E-state index contributed by atoms with van der Waals surface area (Å²) in [6.45, 7) is 2.16. The van der Waals surface area contributed by atoms with Gasteiger partial charge in [0.2, 0.25) is 5.91 Å². The van der Waals surface area contributed by atoms with Gasteiger partial charge in [0.15, 0.2) is 0 Å². The zero-order chi connectivity index (χ0) is 19.8. The molecule has 0 aliphatic carbocycles. The first-order chi connectivity index (χ1) is 13.6. The van der Waals surface area contributed by atoms with Crippen molar-refractivity contribution < 1.29 is 19.4 Å². The lowest BCUT2D eigenvalue weighted by molar-refractivity contribution is -0.149. The van der Waals surface area contributed by atoms with Gasteiger partial charge in [-0.05, 0) is 29.8 Å². The van der Waals surface area contributed by atoms with E-state index in [1.165, 1.54) is 0 Å². The maximum absolute atomic E-state index is 13.3. The van der Waals surface area contributed by atoms with Gasteiger partial charge in [-0.1, -0.05) is 31.2 Å². The number of hydrogen-bond donors (Lipinski definition) is 1. The van der Waals surface area contributed by atoms with Gasteiger partial charge in [0, 0.05) is 30.1 Å². The number of anilines is 1. The molecule has 0 bridgehead atoms. The Morgan fingerprint density at radius 2 is 1.96 bits per heavy atom. The van der Waals surface area contributed by atoms with Gasteiger partial charge in [-0.25, -0.2) is 0 Å². The molecule has 6 nitrogen and oxygen atoms in total. The molecule has 146 valence electrons. The van der Waals surface area contributed by atoms with Crippen LogP contribution in [0.4, 0.5) is 5.69 Å². The third kappa shape index (κ3) is 2.76. The van der Waals surface area contributed by atoms with Crippen LogP contribution >= 0.6 is 0 Å². The third-order valence-corrected chi connectivity index (χ3v) is 5.84. The molecule has 1 N–H and O–H groups in total. The Labute approximate surface area is 164 Å². The second-order valence-electron chi connectivity index (χ2n) is 7.20. The number of fused-ring (bicyclic) bond motifs is 3. The molecule has 2 aliphatic rings. The average molecular weight is 380 g/mol. The largest absolute Gasteiger partial charge is 0.497 e. The predicted octanol–water partition coefficient (Wildman–Crippen LogP) is 2.42. The summed E-state index contributed by atoms with van der Waals surface area (Å²) in [5.41, 5.74) is 2.40. The van der Waals surface area contributed by atoms with Crippen LogP contribution in [0.5, 0.6) is 5.75 Å². The van der Waals surface area contributed by atoms with E-state index >= 15 is 0 Å². The van der Waals surface area contributed by atoms with Crippen molar-refractivity contribution in [2.45, 2.75) is 31.3 Å². The molecule has 2 aromatic rings. The van der Waals surface area contributed by atoms with Gasteiger partial charge in [0.05, 0.1) is 25.8 Å². The number of carbonyl (C=O) groups excluding carboxylic acids is 2. The summed E-state index contributed by atoms with van der Waals surface area (Å²) < 4.78 is 5.25. The van der Waals surface area contributed by atoms with Crippen LogP contribution in [0.1, 0.15) is 35.2 Å². The maximum atomic E-state index is 13.3. The molecule has 0 aromatic heterocycles. The SMILES string of the molecule is CCC(=O)N1[C@@H]2CN(C(=O)c3cccc(OC)c3)c3ccccc3[C@@H]2[C@@H]1CO. The Balaban J connectivity index is 1.73. The molecule has 2 heterocycles. The molecule has 0 saturated carbocycles. The van der Waals surface area contributed by atoms with E-state index in [9.17, 15) is 14.7 Å². The predicted molar refractivity (Wildman–Crippen MR) is 106 cm³/mol. The Bertz CT molecular complexity index is 913. The number of aliphatic hydroxyl groups is 1. The van der Waals surface area contributed by atoms with Gasteiger partial charge < -0.3 is 19.6 Å². The van der Waals surface area contributed by atoms with E-state index in [2.05, 4.69) is 0 Å². The Hall–Kier alpha value is -2.86. The normalized spacial score (nSPS) is 22.8. The minimum atomic E-state index is -0.229. The van der Waals surface area contributed by atoms with Crippen molar-refractivity contribution >= 4 is 17.5 Å². The molecule has 0 radical (unpaired) electrons. The number of carbonyl (C=O) groups is 2. The van der Waals surface area contributed by atoms with Crippen molar-refractivity contribution in [2.24, 2.45) is 0 Å². The molecule has 6 heteroatoms. The number of likely N-dealkylation sites (tertiary alicyclic amines) is 1. The Morgan fingerprint density at radius 3 is 2.68 bits per heavy atom. The molecule has 2 amide bonds. The number of ether oxygens (including phenoxy) is 1. The third-order valence-electron chi connectivity index (χ3n) is 5.84. The second kappa shape index (κ2) is 7.28. The highest BCUT2D eigenvalue weighted by Gasteiger charge is 2.54. The van der Waals surface area contributed by atoms with Crippen LogP contribution in [0.2, 0.25) is 0 Å². The summed E-state index contributed by atoms with van der Waals surface area (Å²) in [7, 11) is 1.57. The average Bonchev–Trinajstić information content (AvgIpc) is 2.73. The summed E-state index contributed by atoms with van der Waals surface area (Å²) in [6.07, 6.45) is 0.380. The van der Waals surface area contributed by atoms with Crippen molar-refractivity contribution in [3.05, 3.63) is 59.7 Å². The van der Waals surface area contributed by atoms with Crippen LogP contribution in [-0.4, -0.2) is 54.2 Å². The van der Waals surface area contributed by atoms with Gasteiger partial charge in [-0.3, -0.25) is 9.59 Å². The number of rotatable bonds is 4. The van der Waals surface area contributed by atoms with Crippen molar-refractivity contribution in [3.8, 4) is 5.75 Å². The Morgan fingerprint density at radius 1 is 1.18 bits per heavy atom. The molecule has 3 atom stereocenters. The number of para-hydroxylation sites is 1. The first kappa shape index (κ1) is 18.5. The lowest BCUT2D eigenvalue weighted by Crippen LogP contribution is -2.70. The molecule has 0 unspecified atom stereocenters. The van der Waals surface area contributed by atoms with E-state index in [0.717, 1.165) is 11.3 Å². The minimum Gasteiger partial charge on any atom is -0.497 e. The molecule has 2 aliphatic heterocycles. The van der Waals surface area contributed by atoms with E-state index in [1.54, 1.807) is 41.2 Å². The van der Waals surface area contributed by atoms with Crippen LogP contribution in [0.25, 0.3) is 0 Å². The molecule has 4 rings (SSSR count). The highest BCUT2D eigenvalue weighted by Crippen LogP contribution is 2.48. The first-order valence-electron chi connectivity index (χ1n) is 9.57. The van der Waals surface area contributed by atoms with Gasteiger partial charge in [0.1, 0.15) is 5.75 Å². The van der Waals surface area contributed by atoms with Crippen molar-refractivity contribution in [1.82, 2.24) is 4.90 Å². The molecular weight excluding hydrogens is 356 g/mol. The fourth-order valence-corrected chi connectivity index (χ4v) is 4.52. The Kier molecular flexibility index (Phi) is 4.81. The topological polar surface area (TPSA) is 70.1 Å². The molecule has 1 fully saturated rings. The summed E-state index contributed by atoms with van der Waals surface area (Å²) in [6, 6.07) is 14.5. The van der Waals surface area contributed by atoms with E-state index in [4.69, 9.17) is 4.74 Å². The number of aliphatic hydroxyl groups excluding tert-OH is 1. The molecule has 28 heavy (non-hydrogen) atoms. The van der Waals surface area contributed by atoms with Gasteiger partial charge >= 0.3 is 0 Å². The summed E-state index contributed by atoms with van der Waals surface area (Å²) in [4.78, 5) is 29.3. The van der Waals surface area contributed by atoms with E-state index in [1.807, 2.05) is 31.2 Å². The van der Waals surface area contributed by atoms with Crippen LogP contribution in [-0.2, 0) is 4.79 Å². The van der Waals surface area contributed by atoms with Gasteiger partial charge in [-0.2, -0.15) is 0 Å². The van der Waals surface area contributed by atoms with E-state index in [0.29, 0.717) is 24.3 Å². The number of benzene rings is 2. The minimum absolute atomic E-state index is 0.00783. The highest BCUT2D eigenvalue weighted by atomic mass is 16.5. The van der Waals surface area contributed by atoms with E-state index in [-0.39, 0.29) is 36.4 Å². The number of amides is 2. The lowest BCUT2D eigenvalue weighted by Gasteiger charge is -2.59.